The first kappa shape index (κ1) is 12.4. The molecule has 0 amide bonds. The molecule has 17 heavy (non-hydrogen) atoms. The standard InChI is InChI=1S/C12H15BrN2O2/c1-8-3-4-9(2)14(8)11-6-5-10(13)7-12(11)15(16)17/h5-9H,3-4H2,1-2H3/t8-,9-/m1/s1. The van der Waals surface area contributed by atoms with Gasteiger partial charge < -0.3 is 4.90 Å². The highest BCUT2D eigenvalue weighted by molar-refractivity contribution is 9.10. The van der Waals surface area contributed by atoms with E-state index < -0.39 is 0 Å². The summed E-state index contributed by atoms with van der Waals surface area (Å²) < 4.78 is 0.743. The Bertz CT molecular complexity index is 440. The van der Waals surface area contributed by atoms with Gasteiger partial charge >= 0.3 is 0 Å². The van der Waals surface area contributed by atoms with Gasteiger partial charge in [0, 0.05) is 22.6 Å². The average molecular weight is 299 g/mol. The van der Waals surface area contributed by atoms with Crippen molar-refractivity contribution in [1.82, 2.24) is 0 Å². The Balaban J connectivity index is 2.47. The molecule has 1 saturated heterocycles. The molecule has 5 heteroatoms. The molecule has 0 bridgehead atoms. The highest BCUT2D eigenvalue weighted by atomic mass is 79.9. The van der Waals surface area contributed by atoms with E-state index in [0.29, 0.717) is 12.1 Å². The van der Waals surface area contributed by atoms with E-state index in [1.165, 1.54) is 0 Å². The fourth-order valence-electron chi connectivity index (χ4n) is 2.53. The maximum Gasteiger partial charge on any atom is 0.293 e. The lowest BCUT2D eigenvalue weighted by Gasteiger charge is -2.28. The summed E-state index contributed by atoms with van der Waals surface area (Å²) >= 11 is 3.28. The first-order chi connectivity index (χ1) is 8.00. The topological polar surface area (TPSA) is 46.4 Å². The van der Waals surface area contributed by atoms with Crippen LogP contribution in [-0.4, -0.2) is 17.0 Å². The predicted molar refractivity (Wildman–Crippen MR) is 71.4 cm³/mol. The van der Waals surface area contributed by atoms with E-state index >= 15 is 0 Å². The van der Waals surface area contributed by atoms with Crippen LogP contribution in [-0.2, 0) is 0 Å². The summed E-state index contributed by atoms with van der Waals surface area (Å²) in [4.78, 5) is 13.0. The van der Waals surface area contributed by atoms with E-state index in [-0.39, 0.29) is 10.6 Å². The summed E-state index contributed by atoms with van der Waals surface area (Å²) in [6.07, 6.45) is 2.18. The van der Waals surface area contributed by atoms with E-state index in [4.69, 9.17) is 0 Å². The molecule has 0 spiro atoms. The zero-order chi connectivity index (χ0) is 12.6. The Kier molecular flexibility index (Phi) is 3.38. The number of halogens is 1. The minimum Gasteiger partial charge on any atom is -0.361 e. The van der Waals surface area contributed by atoms with E-state index in [9.17, 15) is 10.1 Å². The molecular weight excluding hydrogens is 284 g/mol. The Hall–Kier alpha value is -1.10. The van der Waals surface area contributed by atoms with Gasteiger partial charge in [0.15, 0.2) is 0 Å². The van der Waals surface area contributed by atoms with Crippen LogP contribution in [0.5, 0.6) is 0 Å². The Labute approximate surface area is 109 Å². The maximum atomic E-state index is 11.1. The highest BCUT2D eigenvalue weighted by Gasteiger charge is 2.31. The Morgan fingerprint density at radius 1 is 1.35 bits per heavy atom. The minimum atomic E-state index is -0.308. The summed E-state index contributed by atoms with van der Waals surface area (Å²) in [7, 11) is 0. The largest absolute Gasteiger partial charge is 0.361 e. The van der Waals surface area contributed by atoms with E-state index in [2.05, 4.69) is 34.7 Å². The molecule has 2 atom stereocenters. The third kappa shape index (κ3) is 2.29. The normalized spacial score (nSPS) is 24.1. The second-order valence-corrected chi connectivity index (χ2v) is 5.49. The number of hydrogen-bond acceptors (Lipinski definition) is 3. The van der Waals surface area contributed by atoms with Gasteiger partial charge in [0.1, 0.15) is 5.69 Å². The van der Waals surface area contributed by atoms with Crippen molar-refractivity contribution in [2.75, 3.05) is 4.90 Å². The van der Waals surface area contributed by atoms with E-state index in [0.717, 1.165) is 23.0 Å². The van der Waals surface area contributed by atoms with Crippen molar-refractivity contribution >= 4 is 27.3 Å². The molecule has 4 nitrogen and oxygen atoms in total. The molecule has 1 aliphatic heterocycles. The summed E-state index contributed by atoms with van der Waals surface area (Å²) in [6, 6.07) is 6.00. The third-order valence-electron chi connectivity index (χ3n) is 3.36. The fourth-order valence-corrected chi connectivity index (χ4v) is 2.88. The van der Waals surface area contributed by atoms with Crippen LogP contribution in [0.3, 0.4) is 0 Å². The summed E-state index contributed by atoms with van der Waals surface area (Å²) in [5.41, 5.74) is 0.913. The average Bonchev–Trinajstić information content (AvgIpc) is 2.59. The van der Waals surface area contributed by atoms with Gasteiger partial charge in [-0.2, -0.15) is 0 Å². The molecule has 0 saturated carbocycles. The lowest BCUT2D eigenvalue weighted by Crippen LogP contribution is -2.33. The van der Waals surface area contributed by atoms with E-state index in [1.807, 2.05) is 12.1 Å². The molecule has 2 rings (SSSR count). The number of nitro benzene ring substituents is 1. The smallest absolute Gasteiger partial charge is 0.293 e. The van der Waals surface area contributed by atoms with Gasteiger partial charge in [-0.1, -0.05) is 15.9 Å². The van der Waals surface area contributed by atoms with Crippen molar-refractivity contribution in [3.8, 4) is 0 Å². The molecule has 0 unspecified atom stereocenters. The number of benzene rings is 1. The van der Waals surface area contributed by atoms with Crippen molar-refractivity contribution in [3.05, 3.63) is 32.8 Å². The zero-order valence-electron chi connectivity index (χ0n) is 9.89. The van der Waals surface area contributed by atoms with Crippen LogP contribution in [0.1, 0.15) is 26.7 Å². The molecule has 92 valence electrons. The van der Waals surface area contributed by atoms with Crippen molar-refractivity contribution < 1.29 is 4.92 Å². The van der Waals surface area contributed by atoms with Gasteiger partial charge in [-0.05, 0) is 38.8 Å². The van der Waals surface area contributed by atoms with Gasteiger partial charge in [0.25, 0.3) is 5.69 Å². The molecule has 0 aromatic heterocycles. The molecule has 1 heterocycles. The Morgan fingerprint density at radius 3 is 2.47 bits per heavy atom. The SMILES string of the molecule is C[C@@H]1CC[C@@H](C)N1c1ccc(Br)cc1[N+](=O)[O-]. The predicted octanol–water partition coefficient (Wildman–Crippen LogP) is 3.73. The zero-order valence-corrected chi connectivity index (χ0v) is 11.5. The molecule has 0 aliphatic carbocycles. The first-order valence-electron chi connectivity index (χ1n) is 5.73. The number of nitro groups is 1. The monoisotopic (exact) mass is 298 g/mol. The number of nitrogens with zero attached hydrogens (tertiary/aromatic N) is 2. The van der Waals surface area contributed by atoms with Crippen molar-refractivity contribution in [1.29, 1.82) is 0 Å². The molecule has 0 radical (unpaired) electrons. The van der Waals surface area contributed by atoms with Gasteiger partial charge in [-0.15, -0.1) is 0 Å². The van der Waals surface area contributed by atoms with Crippen molar-refractivity contribution in [2.24, 2.45) is 0 Å². The van der Waals surface area contributed by atoms with Crippen LogP contribution in [0.25, 0.3) is 0 Å². The highest BCUT2D eigenvalue weighted by Crippen LogP contribution is 2.37. The van der Waals surface area contributed by atoms with Crippen LogP contribution in [0.15, 0.2) is 22.7 Å². The number of anilines is 1. The first-order valence-corrected chi connectivity index (χ1v) is 6.52. The third-order valence-corrected chi connectivity index (χ3v) is 3.86. The fraction of sp³-hybridized carbons (Fsp3) is 0.500. The minimum absolute atomic E-state index is 0.181. The quantitative estimate of drug-likeness (QED) is 0.617. The van der Waals surface area contributed by atoms with Crippen LogP contribution in [0, 0.1) is 10.1 Å². The second kappa shape index (κ2) is 4.64. The summed E-state index contributed by atoms with van der Waals surface area (Å²) in [5, 5.41) is 11.1. The molecule has 1 aromatic rings. The van der Waals surface area contributed by atoms with Gasteiger partial charge in [0.05, 0.1) is 4.92 Å². The van der Waals surface area contributed by atoms with Crippen molar-refractivity contribution in [3.63, 3.8) is 0 Å². The maximum absolute atomic E-state index is 11.1. The van der Waals surface area contributed by atoms with Gasteiger partial charge in [0.2, 0.25) is 0 Å². The number of hydrogen-bond donors (Lipinski definition) is 0. The molecule has 0 N–H and O–H groups in total. The van der Waals surface area contributed by atoms with Crippen LogP contribution in [0.2, 0.25) is 0 Å². The summed E-state index contributed by atoms with van der Waals surface area (Å²) in [5.74, 6) is 0. The van der Waals surface area contributed by atoms with Crippen molar-refractivity contribution in [2.45, 2.75) is 38.8 Å². The molecule has 1 fully saturated rings. The van der Waals surface area contributed by atoms with Crippen LogP contribution < -0.4 is 4.90 Å². The summed E-state index contributed by atoms with van der Waals surface area (Å²) in [6.45, 7) is 4.24. The molecular formula is C12H15BrN2O2. The van der Waals surface area contributed by atoms with Gasteiger partial charge in [-0.3, -0.25) is 10.1 Å². The number of rotatable bonds is 2. The lowest BCUT2D eigenvalue weighted by atomic mass is 10.2. The van der Waals surface area contributed by atoms with Crippen LogP contribution >= 0.6 is 15.9 Å². The molecule has 1 aliphatic rings. The lowest BCUT2D eigenvalue weighted by molar-refractivity contribution is -0.384. The Morgan fingerprint density at radius 2 is 1.94 bits per heavy atom. The second-order valence-electron chi connectivity index (χ2n) is 4.57. The van der Waals surface area contributed by atoms with E-state index in [1.54, 1.807) is 6.07 Å². The van der Waals surface area contributed by atoms with Gasteiger partial charge in [-0.25, -0.2) is 0 Å². The molecule has 1 aromatic carbocycles. The van der Waals surface area contributed by atoms with Crippen LogP contribution in [0.4, 0.5) is 11.4 Å².